The van der Waals surface area contributed by atoms with Gasteiger partial charge in [-0.3, -0.25) is 9.59 Å². The monoisotopic (exact) mass is 461 g/mol. The highest BCUT2D eigenvalue weighted by Gasteiger charge is 2.21. The van der Waals surface area contributed by atoms with Crippen molar-refractivity contribution in [2.24, 2.45) is 0 Å². The summed E-state index contributed by atoms with van der Waals surface area (Å²) >= 11 is 5.97. The van der Waals surface area contributed by atoms with Gasteiger partial charge in [-0.2, -0.15) is 0 Å². The number of nitrogens with zero attached hydrogens (tertiary/aromatic N) is 1. The second-order valence-corrected chi connectivity index (χ2v) is 8.14. The van der Waals surface area contributed by atoms with Gasteiger partial charge in [0.05, 0.1) is 23.6 Å². The van der Waals surface area contributed by atoms with E-state index in [1.54, 1.807) is 49.7 Å². The topological polar surface area (TPSA) is 66.8 Å². The lowest BCUT2D eigenvalue weighted by Gasteiger charge is -2.21. The van der Waals surface area contributed by atoms with Crippen LogP contribution in [0.15, 0.2) is 71.7 Å². The number of ketones is 1. The van der Waals surface area contributed by atoms with Crippen molar-refractivity contribution in [2.45, 2.75) is 6.54 Å². The maximum absolute atomic E-state index is 13.4. The number of halogens is 1. The summed E-state index contributed by atoms with van der Waals surface area (Å²) in [6.45, 7) is 1.26. The molecule has 33 heavy (non-hydrogen) atoms. The summed E-state index contributed by atoms with van der Waals surface area (Å²) in [6, 6.07) is 17.6. The van der Waals surface area contributed by atoms with E-state index < -0.39 is 0 Å². The molecule has 0 saturated carbocycles. The molecule has 5 rings (SSSR count). The Morgan fingerprint density at radius 3 is 2.48 bits per heavy atom. The molecule has 0 fully saturated rings. The number of pyridine rings is 1. The van der Waals surface area contributed by atoms with Crippen LogP contribution >= 0.6 is 11.6 Å². The molecule has 7 heteroatoms. The van der Waals surface area contributed by atoms with Crippen molar-refractivity contribution in [3.05, 3.63) is 98.8 Å². The third-order valence-electron chi connectivity index (χ3n) is 5.58. The van der Waals surface area contributed by atoms with Crippen LogP contribution in [0.5, 0.6) is 17.2 Å². The lowest BCUT2D eigenvalue weighted by Crippen LogP contribution is -2.21. The van der Waals surface area contributed by atoms with Crippen molar-refractivity contribution in [2.75, 3.05) is 20.3 Å². The normalized spacial score (nSPS) is 12.5. The van der Waals surface area contributed by atoms with Crippen molar-refractivity contribution < 1.29 is 19.0 Å². The molecule has 1 aromatic heterocycles. The zero-order chi connectivity index (χ0) is 22.9. The number of methoxy groups -OCH3 is 1. The summed E-state index contributed by atoms with van der Waals surface area (Å²) in [5.74, 6) is 1.43. The first-order valence-corrected chi connectivity index (χ1v) is 10.8. The van der Waals surface area contributed by atoms with E-state index in [2.05, 4.69) is 0 Å². The molecule has 0 atom stereocenters. The lowest BCUT2D eigenvalue weighted by molar-refractivity contribution is 0.103. The van der Waals surface area contributed by atoms with Crippen molar-refractivity contribution in [3.63, 3.8) is 0 Å². The first kappa shape index (κ1) is 21.1. The van der Waals surface area contributed by atoms with Crippen molar-refractivity contribution in [3.8, 4) is 17.2 Å². The second kappa shape index (κ2) is 8.64. The van der Waals surface area contributed by atoms with Crippen LogP contribution < -0.4 is 19.6 Å². The Labute approximate surface area is 194 Å². The van der Waals surface area contributed by atoms with Crippen molar-refractivity contribution in [1.29, 1.82) is 0 Å². The number of aromatic nitrogens is 1. The van der Waals surface area contributed by atoms with E-state index >= 15 is 0 Å². The molecule has 0 saturated heterocycles. The van der Waals surface area contributed by atoms with Crippen LogP contribution in [0.4, 0.5) is 0 Å². The third-order valence-corrected chi connectivity index (χ3v) is 5.83. The third kappa shape index (κ3) is 4.05. The summed E-state index contributed by atoms with van der Waals surface area (Å²) in [5.41, 5.74) is 1.72. The van der Waals surface area contributed by atoms with Crippen molar-refractivity contribution in [1.82, 2.24) is 4.57 Å². The van der Waals surface area contributed by atoms with Crippen LogP contribution in [0.2, 0.25) is 5.02 Å². The molecule has 0 N–H and O–H groups in total. The van der Waals surface area contributed by atoms with Crippen LogP contribution in [0.25, 0.3) is 10.9 Å². The van der Waals surface area contributed by atoms with Gasteiger partial charge in [-0.25, -0.2) is 0 Å². The Bertz CT molecular complexity index is 1430. The fourth-order valence-corrected chi connectivity index (χ4v) is 4.07. The maximum atomic E-state index is 13.4. The van der Waals surface area contributed by atoms with Crippen LogP contribution in [0.3, 0.4) is 0 Å². The number of ether oxygens (including phenoxy) is 3. The van der Waals surface area contributed by atoms with Gasteiger partial charge in [-0.1, -0.05) is 23.7 Å². The van der Waals surface area contributed by atoms with E-state index in [4.69, 9.17) is 25.8 Å². The Morgan fingerprint density at radius 1 is 1.03 bits per heavy atom. The number of carbonyl (C=O) groups is 1. The van der Waals surface area contributed by atoms with Crippen molar-refractivity contribution >= 4 is 28.3 Å². The maximum Gasteiger partial charge on any atom is 0.200 e. The molecule has 2 heterocycles. The van der Waals surface area contributed by atoms with Gasteiger partial charge in [0.25, 0.3) is 0 Å². The largest absolute Gasteiger partial charge is 0.497 e. The molecule has 0 unspecified atom stereocenters. The number of carbonyl (C=O) groups excluding carboxylic acids is 1. The molecule has 4 aromatic rings. The molecular formula is C26H20ClNO5. The highest BCUT2D eigenvalue weighted by Crippen LogP contribution is 2.34. The van der Waals surface area contributed by atoms with Gasteiger partial charge in [-0.05, 0) is 48.0 Å². The Kier molecular flexibility index (Phi) is 5.52. The van der Waals surface area contributed by atoms with Gasteiger partial charge in [0, 0.05) is 29.4 Å². The summed E-state index contributed by atoms with van der Waals surface area (Å²) < 4.78 is 18.6. The Morgan fingerprint density at radius 2 is 1.76 bits per heavy atom. The number of hydrogen-bond acceptors (Lipinski definition) is 5. The quantitative estimate of drug-likeness (QED) is 0.402. The molecule has 1 aliphatic heterocycles. The average Bonchev–Trinajstić information content (AvgIpc) is 2.85. The minimum Gasteiger partial charge on any atom is -0.497 e. The first-order valence-electron chi connectivity index (χ1n) is 10.4. The number of hydrogen-bond donors (Lipinski definition) is 0. The molecule has 0 aliphatic carbocycles. The fourth-order valence-electron chi connectivity index (χ4n) is 3.94. The molecule has 0 spiro atoms. The Balaban J connectivity index is 1.70. The smallest absolute Gasteiger partial charge is 0.200 e. The van der Waals surface area contributed by atoms with Gasteiger partial charge in [0.1, 0.15) is 19.0 Å². The van der Waals surface area contributed by atoms with E-state index in [-0.39, 0.29) is 16.8 Å². The number of benzene rings is 3. The second-order valence-electron chi connectivity index (χ2n) is 7.70. The van der Waals surface area contributed by atoms with Gasteiger partial charge in [-0.15, -0.1) is 0 Å². The molecule has 1 aliphatic rings. The molecule has 3 aromatic carbocycles. The van der Waals surface area contributed by atoms with Gasteiger partial charge < -0.3 is 18.8 Å². The summed E-state index contributed by atoms with van der Waals surface area (Å²) in [4.78, 5) is 26.7. The molecule has 166 valence electrons. The zero-order valence-corrected chi connectivity index (χ0v) is 18.6. The Hall–Kier alpha value is -3.77. The predicted molar refractivity (Wildman–Crippen MR) is 126 cm³/mol. The molecule has 0 bridgehead atoms. The summed E-state index contributed by atoms with van der Waals surface area (Å²) in [5, 5.41) is 0.909. The van der Waals surface area contributed by atoms with Gasteiger partial charge in [0.2, 0.25) is 5.43 Å². The fraction of sp³-hybridized carbons (Fsp3) is 0.154. The average molecular weight is 462 g/mol. The summed E-state index contributed by atoms with van der Waals surface area (Å²) in [7, 11) is 1.61. The van der Waals surface area contributed by atoms with Gasteiger partial charge in [0.15, 0.2) is 17.3 Å². The van der Waals surface area contributed by atoms with Gasteiger partial charge >= 0.3 is 0 Å². The number of fused-ring (bicyclic) bond motifs is 2. The van der Waals surface area contributed by atoms with Crippen LogP contribution in [-0.4, -0.2) is 30.7 Å². The van der Waals surface area contributed by atoms with Crippen LogP contribution in [0, 0.1) is 0 Å². The van der Waals surface area contributed by atoms with E-state index in [0.29, 0.717) is 52.7 Å². The number of rotatable bonds is 5. The minimum atomic E-state index is -0.368. The highest BCUT2D eigenvalue weighted by atomic mass is 35.5. The molecule has 6 nitrogen and oxygen atoms in total. The van der Waals surface area contributed by atoms with E-state index in [1.807, 2.05) is 28.8 Å². The predicted octanol–water partition coefficient (Wildman–Crippen LogP) is 4.71. The molecule has 0 radical (unpaired) electrons. The SMILES string of the molecule is COc1cccc(Cn2cc(C(=O)c3ccc(Cl)cc3)c(=O)c3cc4c(cc32)OCCO4)c1. The molecule has 0 amide bonds. The van der Waals surface area contributed by atoms with E-state index in [0.717, 1.165) is 11.3 Å². The van der Waals surface area contributed by atoms with Crippen LogP contribution in [0.1, 0.15) is 21.5 Å². The lowest BCUT2D eigenvalue weighted by atomic mass is 10.0. The minimum absolute atomic E-state index is 0.0735. The van der Waals surface area contributed by atoms with E-state index in [9.17, 15) is 9.59 Å². The molecular weight excluding hydrogens is 442 g/mol. The zero-order valence-electron chi connectivity index (χ0n) is 17.8. The standard InChI is InChI=1S/C26H20ClNO5/c1-31-19-4-2-3-16(11-19)14-28-15-21(25(29)17-5-7-18(27)8-6-17)26(30)20-12-23-24(13-22(20)28)33-10-9-32-23/h2-8,11-13,15H,9-10,14H2,1H3. The first-order chi connectivity index (χ1) is 16.0. The highest BCUT2D eigenvalue weighted by molar-refractivity contribution is 6.30. The van der Waals surface area contributed by atoms with Crippen LogP contribution in [-0.2, 0) is 6.54 Å². The summed E-state index contributed by atoms with van der Waals surface area (Å²) in [6.07, 6.45) is 1.61. The van der Waals surface area contributed by atoms with E-state index in [1.165, 1.54) is 0 Å².